The molecule has 6 aromatic carbocycles. The van der Waals surface area contributed by atoms with Gasteiger partial charge in [-0.25, -0.2) is 28.1 Å². The van der Waals surface area contributed by atoms with E-state index in [0.717, 1.165) is 93.7 Å². The van der Waals surface area contributed by atoms with E-state index in [-0.39, 0.29) is 86.5 Å². The van der Waals surface area contributed by atoms with Crippen molar-refractivity contribution in [3.05, 3.63) is 204 Å². The predicted octanol–water partition coefficient (Wildman–Crippen LogP) is 16.8. The minimum absolute atomic E-state index is 0.150. The number of halogens is 4. The van der Waals surface area contributed by atoms with E-state index in [2.05, 4.69) is 74.4 Å². The smallest absolute Gasteiger partial charge is 0.470 e. The Labute approximate surface area is 784 Å². The summed E-state index contributed by atoms with van der Waals surface area (Å²) in [5.74, 6) is 2.81. The second-order valence-corrected chi connectivity index (χ2v) is 39.2. The van der Waals surface area contributed by atoms with E-state index < -0.39 is 78.5 Å². The van der Waals surface area contributed by atoms with Crippen molar-refractivity contribution >= 4 is 96.9 Å². The normalized spacial score (nSPS) is 25.1. The summed E-state index contributed by atoms with van der Waals surface area (Å²) in [6, 6.07) is 57.6. The first-order valence-corrected chi connectivity index (χ1v) is 48.6. The number of thioether (sulfide) groups is 3. The number of fused-ring (bicyclic) bond motifs is 6. The molecule has 0 radical (unpaired) electrons. The summed E-state index contributed by atoms with van der Waals surface area (Å²) in [5.41, 5.74) is 10.6. The number of nitrogens with one attached hydrogen (secondary N) is 1. The Balaban J connectivity index is 0.000000125. The fourth-order valence-corrected chi connectivity index (χ4v) is 20.2. The van der Waals surface area contributed by atoms with Gasteiger partial charge >= 0.3 is 7.12 Å². The molecule has 9 aliphatic rings. The average molecular weight is 1930 g/mol. The van der Waals surface area contributed by atoms with E-state index in [1.54, 1.807) is 43.8 Å². The van der Waals surface area contributed by atoms with Gasteiger partial charge in [0.2, 0.25) is 0 Å². The maximum atomic E-state index is 15.7. The van der Waals surface area contributed by atoms with Crippen LogP contribution in [0.1, 0.15) is 78.7 Å². The average Bonchev–Trinajstić information content (AvgIpc) is 1.60. The summed E-state index contributed by atoms with van der Waals surface area (Å²) in [5, 5.41) is 39.2. The second-order valence-electron chi connectivity index (χ2n) is 34.8. The summed E-state index contributed by atoms with van der Waals surface area (Å²) in [6.45, 7) is 12.6. The minimum atomic E-state index is -0.671. The first kappa shape index (κ1) is 93.9. The molecule has 9 aliphatic heterocycles. The standard InChI is InChI=1S/C33H35FN2O6S.C30H36BFN2O7.C27H25FN2O5S.C9H11BrOS/c1-38-14-15-43-23-11-9-21(10-12-23)20-5-7-22(8-6-20)31-24(34)16-26-25(35-31)17-30(36(26)29-4-2-3-13-39-29)42-28-19-41-32-27(37)18-40-33(28)32;1-29(2)30(3,4)41-31(40-29)18-10-8-17(9-11-18)26-19(32)13-21-20(33-26)14-25(34(21)24-7-5-6-12-36-24)39-23-16-38-27-22(35)15-37-28(23)27;28-19-11-20-21(12-24(29-20)35-23-14-34-26-22(32)13-33-27(23)26)30-25(19)17-3-1-15(2-4-17)16-5-7-18(8-6-16)36-10-9-31;1-11-6-7-12-9-4-2-8(10)3-5-9/h5-12,16-17,27-29,32-33,37H,2-4,13-15,18-19H2,1H3;8-11,13-14,22-24,27-28,35H,5-7,12,15-16H2,1-4H3;1-8,11-12,22-23,26-27,29,31-32H,9-10,13-14H2;2-5H,6-7H2,1H3/t27-,28-,29?,32-,33-;22-,23-,24?,27-,28-;22-,23-,26-,27-;/m111./s1. The number of hydrogen-bond acceptors (Lipinski definition) is 25. The molecule has 9 saturated heterocycles. The highest BCUT2D eigenvalue weighted by Gasteiger charge is 2.54. The summed E-state index contributed by atoms with van der Waals surface area (Å²) in [4.78, 5) is 20.7. The van der Waals surface area contributed by atoms with Crippen molar-refractivity contribution in [3.63, 3.8) is 0 Å². The Bertz CT molecular complexity index is 5890. The minimum Gasteiger partial charge on any atom is -0.470 e. The lowest BCUT2D eigenvalue weighted by atomic mass is 9.79. The van der Waals surface area contributed by atoms with Crippen LogP contribution in [0, 0.1) is 17.5 Å². The van der Waals surface area contributed by atoms with Crippen LogP contribution in [-0.4, -0.2) is 245 Å². The number of aromatic amines is 1. The van der Waals surface area contributed by atoms with Crippen molar-refractivity contribution in [1.82, 2.24) is 29.1 Å². The van der Waals surface area contributed by atoms with Crippen molar-refractivity contribution in [1.29, 1.82) is 0 Å². The lowest BCUT2D eigenvalue weighted by Crippen LogP contribution is -2.41. The van der Waals surface area contributed by atoms with Gasteiger partial charge in [0, 0.05) is 117 Å². The highest BCUT2D eigenvalue weighted by Crippen LogP contribution is 2.44. The third kappa shape index (κ3) is 20.9. The summed E-state index contributed by atoms with van der Waals surface area (Å²) < 4.78 is 139. The van der Waals surface area contributed by atoms with Gasteiger partial charge in [0.25, 0.3) is 0 Å². The zero-order chi connectivity index (χ0) is 91.3. The van der Waals surface area contributed by atoms with Crippen molar-refractivity contribution in [2.24, 2.45) is 0 Å². The van der Waals surface area contributed by atoms with E-state index in [1.165, 1.54) is 28.0 Å². The molecule has 15 heterocycles. The van der Waals surface area contributed by atoms with Gasteiger partial charge in [0.1, 0.15) is 84.5 Å². The molecule has 0 spiro atoms. The summed E-state index contributed by atoms with van der Waals surface area (Å²) >= 11 is 8.57. The predicted molar refractivity (Wildman–Crippen MR) is 503 cm³/mol. The molecule has 9 fully saturated rings. The van der Waals surface area contributed by atoms with E-state index in [1.807, 2.05) is 158 Å². The van der Waals surface area contributed by atoms with Crippen LogP contribution in [0.4, 0.5) is 13.2 Å². The fraction of sp³-hybridized carbons (Fsp3) is 0.424. The topological polar surface area (TPSA) is 284 Å². The van der Waals surface area contributed by atoms with Crippen LogP contribution >= 0.6 is 51.2 Å². The number of H-pyrrole nitrogens is 1. The van der Waals surface area contributed by atoms with Gasteiger partial charge in [-0.05, 0) is 142 Å². The number of hydrogen-bond donors (Lipinski definition) is 5. The molecule has 132 heavy (non-hydrogen) atoms. The molecule has 6 aromatic heterocycles. The number of aliphatic hydroxyl groups excluding tert-OH is 4. The van der Waals surface area contributed by atoms with Crippen LogP contribution in [0.15, 0.2) is 201 Å². The van der Waals surface area contributed by atoms with Crippen LogP contribution < -0.4 is 19.7 Å². The van der Waals surface area contributed by atoms with Crippen molar-refractivity contribution < 1.29 is 104 Å². The Morgan fingerprint density at radius 2 is 0.795 bits per heavy atom. The van der Waals surface area contributed by atoms with Crippen LogP contribution in [0.25, 0.3) is 89.1 Å². The summed E-state index contributed by atoms with van der Waals surface area (Å²) in [7, 11) is 2.94. The second kappa shape index (κ2) is 42.0. The largest absolute Gasteiger partial charge is 0.494 e. The Morgan fingerprint density at radius 1 is 0.432 bits per heavy atom. The molecule has 0 saturated carbocycles. The molecule has 2 unspecified atom stereocenters. The molecule has 21 rings (SSSR count). The number of benzene rings is 6. The Morgan fingerprint density at radius 3 is 1.20 bits per heavy atom. The van der Waals surface area contributed by atoms with E-state index in [0.29, 0.717) is 113 Å². The number of nitrogens with zero attached hydrogens (tertiary/aromatic N) is 5. The van der Waals surface area contributed by atoms with Crippen molar-refractivity contribution in [2.45, 2.75) is 178 Å². The van der Waals surface area contributed by atoms with Gasteiger partial charge in [-0.2, -0.15) is 0 Å². The van der Waals surface area contributed by atoms with E-state index >= 15 is 8.78 Å². The number of pyridine rings is 3. The zero-order valence-electron chi connectivity index (χ0n) is 74.0. The lowest BCUT2D eigenvalue weighted by Gasteiger charge is -2.32. The van der Waals surface area contributed by atoms with Gasteiger partial charge in [0.05, 0.1) is 104 Å². The molecule has 5 N–H and O–H groups in total. The van der Waals surface area contributed by atoms with Crippen LogP contribution in [0.2, 0.25) is 0 Å². The molecule has 0 aliphatic carbocycles. The monoisotopic (exact) mass is 1930 g/mol. The number of aromatic nitrogens is 6. The maximum absolute atomic E-state index is 15.7. The molecule has 0 bridgehead atoms. The summed E-state index contributed by atoms with van der Waals surface area (Å²) in [6.07, 6.45) is -0.445. The van der Waals surface area contributed by atoms with Crippen LogP contribution in [0.3, 0.4) is 0 Å². The number of aliphatic hydroxyl groups is 4. The van der Waals surface area contributed by atoms with Crippen molar-refractivity contribution in [3.8, 4) is 73.7 Å². The molecular weight excluding hydrogens is 1820 g/mol. The van der Waals surface area contributed by atoms with E-state index in [9.17, 15) is 19.7 Å². The molecule has 33 heteroatoms. The number of ether oxygens (including phenoxy) is 13. The highest BCUT2D eigenvalue weighted by atomic mass is 79.9. The van der Waals surface area contributed by atoms with Gasteiger partial charge < -0.3 is 96.3 Å². The fourth-order valence-electron chi connectivity index (χ4n) is 17.7. The lowest BCUT2D eigenvalue weighted by molar-refractivity contribution is -0.0394. The van der Waals surface area contributed by atoms with Crippen LogP contribution in [0.5, 0.6) is 17.6 Å². The Hall–Kier alpha value is -8.47. The third-order valence-corrected chi connectivity index (χ3v) is 28.8. The van der Waals surface area contributed by atoms with Gasteiger partial charge in [-0.15, -0.1) is 35.3 Å². The molecule has 0 amide bonds. The molecular formula is C99H107BBrF3N6O19S3. The maximum Gasteiger partial charge on any atom is 0.494 e. The first-order chi connectivity index (χ1) is 64.1. The molecule has 696 valence electrons. The molecule has 12 aromatic rings. The SMILES string of the molecule is CC1(C)OB(c2ccc(-c3nc4cc(O[C@@H]5CO[C@H]6[C@@H]5OC[C@H]6O)n(C5CCCCO5)c4cc3F)cc2)OC1(C)C.COCCSc1ccc(-c2ccc(-c3nc4cc(O[C@@H]5CO[C@H]6[C@@H]5OC[C@H]6O)n(C5CCCCO5)c4cc3F)cc2)cc1.COCCSc1ccc(Br)cc1.OCCSc1ccc(-c2ccc(-c3nc4cc(O[C@@H]5CO[C@H]6[C@@H]5OC[C@H]6O)[nH]c4cc3F)cc2)cc1. The number of methoxy groups -OCH3 is 2. The zero-order valence-corrected chi connectivity index (χ0v) is 78.0. The quantitative estimate of drug-likeness (QED) is 0.0202. The third-order valence-electron chi connectivity index (χ3n) is 25.4. The van der Waals surface area contributed by atoms with E-state index in [4.69, 9.17) is 86.0 Å². The van der Waals surface area contributed by atoms with Crippen molar-refractivity contribution in [2.75, 3.05) is 104 Å². The van der Waals surface area contributed by atoms with Gasteiger partial charge in [0.15, 0.2) is 53.4 Å². The van der Waals surface area contributed by atoms with Gasteiger partial charge in [-0.3, -0.25) is 9.13 Å². The number of rotatable bonds is 25. The Kier molecular flexibility index (Phi) is 29.9. The molecule has 25 nitrogen and oxygen atoms in total. The first-order valence-electron chi connectivity index (χ1n) is 44.8. The highest BCUT2D eigenvalue weighted by molar-refractivity contribution is 9.10. The van der Waals surface area contributed by atoms with Gasteiger partial charge in [-0.1, -0.05) is 113 Å². The van der Waals surface area contributed by atoms with Crippen LogP contribution in [-0.2, 0) is 56.7 Å². The molecule has 14 atom stereocenters.